The van der Waals surface area contributed by atoms with Crippen molar-refractivity contribution in [1.82, 2.24) is 16.0 Å². The van der Waals surface area contributed by atoms with E-state index >= 15 is 0 Å². The molecular formula is C31H55N3O8S. The molecule has 11 nitrogen and oxygen atoms in total. The molecule has 0 rings (SSSR count). The molecule has 0 bridgehead atoms. The molecule has 0 heterocycles. The van der Waals surface area contributed by atoms with Gasteiger partial charge in [0.05, 0.1) is 14.2 Å². The smallest absolute Gasteiger partial charge is 0.408 e. The van der Waals surface area contributed by atoms with Gasteiger partial charge in [-0.25, -0.2) is 9.59 Å². The highest BCUT2D eigenvalue weighted by Gasteiger charge is 2.27. The van der Waals surface area contributed by atoms with Crippen molar-refractivity contribution in [3.05, 3.63) is 12.7 Å². The standard InChI is InChI=1S/C31H55N3O8S/c1-8-10-11-12-13-14-15-16-18-23(17-9-2)43-22-25(28(37)32-21-27(36)40-6)33-26(35)20-19-24(29(38)41-7)34-30(39)42-31(3,4)5/h9,23-25H,2,8,10-22H2,1,3-7H3,(H,32,37)(H,33,35)(H,34,39)/t23?,24-,25-/m0/s1. The van der Waals surface area contributed by atoms with Gasteiger partial charge in [-0.3, -0.25) is 14.4 Å². The molecule has 0 aromatic rings. The van der Waals surface area contributed by atoms with Crippen molar-refractivity contribution in [3.63, 3.8) is 0 Å². The maximum absolute atomic E-state index is 12.9. The predicted molar refractivity (Wildman–Crippen MR) is 170 cm³/mol. The van der Waals surface area contributed by atoms with Crippen LogP contribution in [0.25, 0.3) is 0 Å². The number of unbranched alkanes of at least 4 members (excludes halogenated alkanes) is 7. The molecule has 0 fully saturated rings. The molecule has 0 aliphatic carbocycles. The van der Waals surface area contributed by atoms with Gasteiger partial charge in [-0.2, -0.15) is 11.8 Å². The van der Waals surface area contributed by atoms with Crippen molar-refractivity contribution in [2.45, 2.75) is 128 Å². The minimum absolute atomic E-state index is 0.0705. The zero-order valence-corrected chi connectivity index (χ0v) is 27.9. The number of allylic oxidation sites excluding steroid dienone is 1. The highest BCUT2D eigenvalue weighted by Crippen LogP contribution is 2.23. The lowest BCUT2D eigenvalue weighted by Crippen LogP contribution is -2.50. The predicted octanol–water partition coefficient (Wildman–Crippen LogP) is 4.82. The number of thioether (sulfide) groups is 1. The number of methoxy groups -OCH3 is 2. The highest BCUT2D eigenvalue weighted by atomic mass is 32.2. The Morgan fingerprint density at radius 3 is 2.05 bits per heavy atom. The van der Waals surface area contributed by atoms with E-state index in [9.17, 15) is 24.0 Å². The number of carbonyl (C=O) groups is 5. The molecule has 0 saturated heterocycles. The van der Waals surface area contributed by atoms with Crippen molar-refractivity contribution >= 4 is 41.6 Å². The molecule has 3 amide bonds. The Balaban J connectivity index is 5.18. The van der Waals surface area contributed by atoms with Gasteiger partial charge in [-0.05, 0) is 40.0 Å². The van der Waals surface area contributed by atoms with Gasteiger partial charge < -0.3 is 30.2 Å². The third kappa shape index (κ3) is 21.6. The fourth-order valence-electron chi connectivity index (χ4n) is 4.11. The minimum Gasteiger partial charge on any atom is -0.468 e. The molecule has 0 radical (unpaired) electrons. The molecule has 0 spiro atoms. The van der Waals surface area contributed by atoms with E-state index in [2.05, 4.69) is 34.2 Å². The summed E-state index contributed by atoms with van der Waals surface area (Å²) >= 11 is 1.58. The van der Waals surface area contributed by atoms with Crippen LogP contribution in [0, 0.1) is 0 Å². The van der Waals surface area contributed by atoms with Gasteiger partial charge >= 0.3 is 18.0 Å². The number of nitrogens with one attached hydrogen (secondary N) is 3. The highest BCUT2D eigenvalue weighted by molar-refractivity contribution is 8.00. The lowest BCUT2D eigenvalue weighted by Gasteiger charge is -2.23. The lowest BCUT2D eigenvalue weighted by molar-refractivity contribution is -0.143. The fourth-order valence-corrected chi connectivity index (χ4v) is 5.42. The van der Waals surface area contributed by atoms with E-state index in [1.54, 1.807) is 32.5 Å². The van der Waals surface area contributed by atoms with Crippen molar-refractivity contribution < 1.29 is 38.2 Å². The zero-order chi connectivity index (χ0) is 32.7. The van der Waals surface area contributed by atoms with Crippen molar-refractivity contribution in [2.24, 2.45) is 0 Å². The number of ether oxygens (including phenoxy) is 3. The number of amides is 3. The number of esters is 2. The molecule has 0 aliphatic rings. The van der Waals surface area contributed by atoms with Gasteiger partial charge in [0.25, 0.3) is 0 Å². The third-order valence-corrected chi connectivity index (χ3v) is 7.86. The normalized spacial score (nSPS) is 13.2. The van der Waals surface area contributed by atoms with Gasteiger partial charge in [0, 0.05) is 17.4 Å². The molecule has 43 heavy (non-hydrogen) atoms. The maximum Gasteiger partial charge on any atom is 0.408 e. The molecule has 248 valence electrons. The number of hydrogen-bond donors (Lipinski definition) is 3. The molecule has 0 saturated carbocycles. The second-order valence-electron chi connectivity index (χ2n) is 11.4. The van der Waals surface area contributed by atoms with E-state index in [4.69, 9.17) is 9.47 Å². The average Bonchev–Trinajstić information content (AvgIpc) is 2.95. The zero-order valence-electron chi connectivity index (χ0n) is 27.1. The summed E-state index contributed by atoms with van der Waals surface area (Å²) in [6.07, 6.45) is 12.3. The Bertz CT molecular complexity index is 862. The first kappa shape index (κ1) is 40.2. The second kappa shape index (κ2) is 23.7. The SMILES string of the molecule is C=CCC(CCCCCCCCCC)SC[C@H](NC(=O)CC[C@H](NC(=O)OC(C)(C)C)C(=O)OC)C(=O)NCC(=O)OC. The molecule has 3 atom stereocenters. The van der Waals surface area contributed by atoms with Crippen LogP contribution in [0.3, 0.4) is 0 Å². The van der Waals surface area contributed by atoms with Crippen LogP contribution in [-0.2, 0) is 33.4 Å². The van der Waals surface area contributed by atoms with E-state index in [0.717, 1.165) is 25.7 Å². The van der Waals surface area contributed by atoms with Crippen LogP contribution in [0.5, 0.6) is 0 Å². The fraction of sp³-hybridized carbons (Fsp3) is 0.774. The van der Waals surface area contributed by atoms with Gasteiger partial charge in [0.1, 0.15) is 24.2 Å². The van der Waals surface area contributed by atoms with Crippen LogP contribution in [0.4, 0.5) is 4.79 Å². The van der Waals surface area contributed by atoms with Crippen LogP contribution in [0.15, 0.2) is 12.7 Å². The molecule has 1 unspecified atom stereocenters. The van der Waals surface area contributed by atoms with Crippen LogP contribution in [0.1, 0.15) is 105 Å². The summed E-state index contributed by atoms with van der Waals surface area (Å²) in [5.41, 5.74) is -0.776. The number of carbonyl (C=O) groups excluding carboxylic acids is 5. The molecule has 3 N–H and O–H groups in total. The maximum atomic E-state index is 12.9. The number of alkyl carbamates (subject to hydrolysis) is 1. The number of hydrogen-bond acceptors (Lipinski definition) is 9. The van der Waals surface area contributed by atoms with E-state index < -0.39 is 47.5 Å². The second-order valence-corrected chi connectivity index (χ2v) is 12.8. The summed E-state index contributed by atoms with van der Waals surface area (Å²) in [6.45, 7) is 10.8. The van der Waals surface area contributed by atoms with Crippen molar-refractivity contribution in [3.8, 4) is 0 Å². The Morgan fingerprint density at radius 1 is 0.860 bits per heavy atom. The van der Waals surface area contributed by atoms with E-state index in [1.165, 1.54) is 52.7 Å². The Hall–Kier alpha value is -2.76. The topological polar surface area (TPSA) is 149 Å². The third-order valence-electron chi connectivity index (χ3n) is 6.43. The van der Waals surface area contributed by atoms with Gasteiger partial charge in [0.2, 0.25) is 11.8 Å². The minimum atomic E-state index is -1.12. The lowest BCUT2D eigenvalue weighted by atomic mass is 10.1. The monoisotopic (exact) mass is 629 g/mol. The van der Waals surface area contributed by atoms with Crippen molar-refractivity contribution in [2.75, 3.05) is 26.5 Å². The first-order valence-electron chi connectivity index (χ1n) is 15.3. The molecule has 12 heteroatoms. The van der Waals surface area contributed by atoms with Gasteiger partial charge in [-0.15, -0.1) is 6.58 Å². The summed E-state index contributed by atoms with van der Waals surface area (Å²) in [5.74, 6) is -2.08. The Labute approximate surface area is 262 Å². The molecular weight excluding hydrogens is 574 g/mol. The summed E-state index contributed by atoms with van der Waals surface area (Å²) in [5, 5.41) is 7.88. The van der Waals surface area contributed by atoms with Crippen LogP contribution in [-0.4, -0.2) is 79.3 Å². The summed E-state index contributed by atoms with van der Waals surface area (Å²) in [6, 6.07) is -2.04. The van der Waals surface area contributed by atoms with E-state index in [0.29, 0.717) is 0 Å². The van der Waals surface area contributed by atoms with E-state index in [1.807, 2.05) is 6.08 Å². The molecule has 0 aromatic heterocycles. The summed E-state index contributed by atoms with van der Waals surface area (Å²) in [7, 11) is 2.40. The summed E-state index contributed by atoms with van der Waals surface area (Å²) < 4.78 is 14.6. The van der Waals surface area contributed by atoms with Crippen LogP contribution >= 0.6 is 11.8 Å². The van der Waals surface area contributed by atoms with Crippen molar-refractivity contribution in [1.29, 1.82) is 0 Å². The molecule has 0 aliphatic heterocycles. The first-order chi connectivity index (χ1) is 20.4. The van der Waals surface area contributed by atoms with E-state index in [-0.39, 0.29) is 30.4 Å². The van der Waals surface area contributed by atoms with Gasteiger partial charge in [0.15, 0.2) is 0 Å². The van der Waals surface area contributed by atoms with Crippen LogP contribution < -0.4 is 16.0 Å². The Morgan fingerprint density at radius 2 is 1.49 bits per heavy atom. The van der Waals surface area contributed by atoms with Gasteiger partial charge in [-0.1, -0.05) is 64.4 Å². The Kier molecular flexibility index (Phi) is 22.1. The van der Waals surface area contributed by atoms with Crippen LogP contribution in [0.2, 0.25) is 0 Å². The quantitative estimate of drug-likeness (QED) is 0.0626. The largest absolute Gasteiger partial charge is 0.468 e. The summed E-state index contributed by atoms with van der Waals surface area (Å²) in [4.78, 5) is 61.8. The average molecular weight is 630 g/mol. The number of rotatable bonds is 23. The molecule has 0 aromatic carbocycles. The first-order valence-corrected chi connectivity index (χ1v) is 16.3.